The van der Waals surface area contributed by atoms with Gasteiger partial charge in [0.1, 0.15) is 6.33 Å². The van der Waals surface area contributed by atoms with Gasteiger partial charge in [0, 0.05) is 12.6 Å². The van der Waals surface area contributed by atoms with Crippen molar-refractivity contribution in [2.75, 3.05) is 6.54 Å². The molecule has 1 N–H and O–H groups in total. The molecule has 0 radical (unpaired) electrons. The first-order valence-electron chi connectivity index (χ1n) is 7.47. The molecule has 1 atom stereocenters. The number of nitrogens with one attached hydrogen (secondary N) is 1. The monoisotopic (exact) mass is 287 g/mol. The van der Waals surface area contributed by atoms with Crippen molar-refractivity contribution in [2.24, 2.45) is 11.3 Å². The number of hydrogen-bond acceptors (Lipinski definition) is 4. The van der Waals surface area contributed by atoms with Gasteiger partial charge >= 0.3 is 0 Å². The van der Waals surface area contributed by atoms with Gasteiger partial charge in [0.05, 0.1) is 5.69 Å². The maximum Gasteiger partial charge on any atom is 0.143 e. The van der Waals surface area contributed by atoms with Gasteiger partial charge in [0.15, 0.2) is 0 Å². The zero-order valence-corrected chi connectivity index (χ0v) is 13.5. The predicted molar refractivity (Wildman–Crippen MR) is 84.2 cm³/mol. The number of hydrogen-bond donors (Lipinski definition) is 1. The highest BCUT2D eigenvalue weighted by molar-refractivity contribution is 5.35. The van der Waals surface area contributed by atoms with Crippen LogP contribution in [0.2, 0.25) is 0 Å². The second-order valence-electron chi connectivity index (χ2n) is 6.60. The number of rotatable bonds is 6. The van der Waals surface area contributed by atoms with E-state index in [-0.39, 0.29) is 5.41 Å². The first-order valence-corrected chi connectivity index (χ1v) is 7.47. The van der Waals surface area contributed by atoms with E-state index in [1.54, 1.807) is 11.0 Å². The third-order valence-corrected chi connectivity index (χ3v) is 4.41. The van der Waals surface area contributed by atoms with Crippen LogP contribution in [-0.2, 0) is 0 Å². The van der Waals surface area contributed by atoms with E-state index in [4.69, 9.17) is 0 Å². The molecule has 0 saturated carbocycles. The Bertz CT molecular complexity index is 560. The van der Waals surface area contributed by atoms with Crippen molar-refractivity contribution in [1.82, 2.24) is 25.5 Å². The van der Waals surface area contributed by atoms with Crippen molar-refractivity contribution in [3.05, 3.63) is 36.2 Å². The van der Waals surface area contributed by atoms with Crippen molar-refractivity contribution in [3.8, 4) is 5.69 Å². The molecule has 1 heterocycles. The molecule has 0 aliphatic rings. The summed E-state index contributed by atoms with van der Waals surface area (Å²) in [5, 5.41) is 14.9. The minimum Gasteiger partial charge on any atom is -0.310 e. The van der Waals surface area contributed by atoms with Crippen molar-refractivity contribution in [1.29, 1.82) is 0 Å². The Morgan fingerprint density at radius 2 is 2.00 bits per heavy atom. The number of nitrogens with zero attached hydrogens (tertiary/aromatic N) is 4. The van der Waals surface area contributed by atoms with Crippen LogP contribution in [0.1, 0.15) is 46.2 Å². The SMILES string of the molecule is CC(NCC(C)(C)C(C)C)c1cccc(-n2cnnn2)c1. The van der Waals surface area contributed by atoms with Gasteiger partial charge in [0.2, 0.25) is 0 Å². The van der Waals surface area contributed by atoms with Gasteiger partial charge in [-0.2, -0.15) is 0 Å². The maximum atomic E-state index is 3.93. The van der Waals surface area contributed by atoms with Gasteiger partial charge in [0.25, 0.3) is 0 Å². The average Bonchev–Trinajstić information content (AvgIpc) is 2.99. The summed E-state index contributed by atoms with van der Waals surface area (Å²) < 4.78 is 1.67. The lowest BCUT2D eigenvalue weighted by Gasteiger charge is -2.31. The first kappa shape index (κ1) is 15.6. The van der Waals surface area contributed by atoms with Gasteiger partial charge in [-0.15, -0.1) is 5.10 Å². The van der Waals surface area contributed by atoms with Gasteiger partial charge in [-0.25, -0.2) is 4.68 Å². The Balaban J connectivity index is 2.06. The molecule has 0 bridgehead atoms. The number of tetrazole rings is 1. The molecule has 0 amide bonds. The van der Waals surface area contributed by atoms with E-state index >= 15 is 0 Å². The molecule has 0 aliphatic heterocycles. The standard InChI is InChI=1S/C16H25N5/c1-12(2)16(4,5)10-17-13(3)14-7-6-8-15(9-14)21-11-18-19-20-21/h6-9,11-13,17H,10H2,1-5H3. The van der Waals surface area contributed by atoms with Gasteiger partial charge in [-0.3, -0.25) is 0 Å². The summed E-state index contributed by atoms with van der Waals surface area (Å²) in [5.74, 6) is 0.643. The second-order valence-corrected chi connectivity index (χ2v) is 6.60. The highest BCUT2D eigenvalue weighted by atomic mass is 15.5. The number of aromatic nitrogens is 4. The summed E-state index contributed by atoms with van der Waals surface area (Å²) in [4.78, 5) is 0. The van der Waals surface area contributed by atoms with E-state index in [1.807, 2.05) is 12.1 Å². The highest BCUT2D eigenvalue weighted by Gasteiger charge is 2.22. The average molecular weight is 287 g/mol. The molecule has 2 rings (SSSR count). The largest absolute Gasteiger partial charge is 0.310 e. The lowest BCUT2D eigenvalue weighted by Crippen LogP contribution is -2.34. The highest BCUT2D eigenvalue weighted by Crippen LogP contribution is 2.26. The summed E-state index contributed by atoms with van der Waals surface area (Å²) >= 11 is 0. The molecule has 5 nitrogen and oxygen atoms in total. The minimum absolute atomic E-state index is 0.279. The Morgan fingerprint density at radius 3 is 2.62 bits per heavy atom. The molecule has 114 valence electrons. The van der Waals surface area contributed by atoms with E-state index < -0.39 is 0 Å². The van der Waals surface area contributed by atoms with Gasteiger partial charge in [-0.1, -0.05) is 39.8 Å². The van der Waals surface area contributed by atoms with Crippen LogP contribution in [0.4, 0.5) is 0 Å². The van der Waals surface area contributed by atoms with Crippen molar-refractivity contribution >= 4 is 0 Å². The minimum atomic E-state index is 0.279. The van der Waals surface area contributed by atoms with Crippen LogP contribution in [0.15, 0.2) is 30.6 Å². The molecule has 0 spiro atoms. The van der Waals surface area contributed by atoms with E-state index in [1.165, 1.54) is 5.56 Å². The van der Waals surface area contributed by atoms with E-state index in [0.29, 0.717) is 12.0 Å². The fourth-order valence-corrected chi connectivity index (χ4v) is 1.95. The normalized spacial score (nSPS) is 13.6. The fraction of sp³-hybridized carbons (Fsp3) is 0.562. The lowest BCUT2D eigenvalue weighted by molar-refractivity contribution is 0.230. The third-order valence-electron chi connectivity index (χ3n) is 4.41. The molecule has 5 heteroatoms. The fourth-order valence-electron chi connectivity index (χ4n) is 1.95. The molecule has 0 saturated heterocycles. The topological polar surface area (TPSA) is 55.6 Å². The van der Waals surface area contributed by atoms with Crippen LogP contribution in [0, 0.1) is 11.3 Å². The summed E-state index contributed by atoms with van der Waals surface area (Å²) in [6, 6.07) is 8.59. The Labute approximate surface area is 126 Å². The summed E-state index contributed by atoms with van der Waals surface area (Å²) in [7, 11) is 0. The van der Waals surface area contributed by atoms with Crippen LogP contribution in [0.3, 0.4) is 0 Å². The second kappa shape index (κ2) is 6.35. The first-order chi connectivity index (χ1) is 9.90. The number of benzene rings is 1. The van der Waals surface area contributed by atoms with Crippen LogP contribution in [-0.4, -0.2) is 26.8 Å². The summed E-state index contributed by atoms with van der Waals surface area (Å²) in [6.45, 7) is 12.3. The van der Waals surface area contributed by atoms with Crippen molar-refractivity contribution < 1.29 is 0 Å². The molecule has 0 fully saturated rings. The molecular formula is C16H25N5. The summed E-state index contributed by atoms with van der Waals surface area (Å²) in [6.07, 6.45) is 1.61. The van der Waals surface area contributed by atoms with Gasteiger partial charge < -0.3 is 5.32 Å². The molecule has 1 aromatic heterocycles. The molecule has 1 unspecified atom stereocenters. The lowest BCUT2D eigenvalue weighted by atomic mass is 9.81. The quantitative estimate of drug-likeness (QED) is 0.887. The Morgan fingerprint density at radius 1 is 1.24 bits per heavy atom. The zero-order valence-electron chi connectivity index (χ0n) is 13.5. The zero-order chi connectivity index (χ0) is 15.5. The maximum absolute atomic E-state index is 3.93. The predicted octanol–water partition coefficient (Wildman–Crippen LogP) is 3.00. The van der Waals surface area contributed by atoms with Crippen LogP contribution >= 0.6 is 0 Å². The van der Waals surface area contributed by atoms with Crippen LogP contribution in [0.5, 0.6) is 0 Å². The van der Waals surface area contributed by atoms with Crippen molar-refractivity contribution in [3.63, 3.8) is 0 Å². The molecule has 0 aliphatic carbocycles. The van der Waals surface area contributed by atoms with Crippen LogP contribution in [0.25, 0.3) is 5.69 Å². The van der Waals surface area contributed by atoms with E-state index in [2.05, 4.69) is 67.6 Å². The molecule has 2 aromatic rings. The molecule has 21 heavy (non-hydrogen) atoms. The van der Waals surface area contributed by atoms with E-state index in [9.17, 15) is 0 Å². The molecule has 1 aromatic carbocycles. The van der Waals surface area contributed by atoms with Crippen molar-refractivity contribution in [2.45, 2.75) is 40.7 Å². The van der Waals surface area contributed by atoms with Gasteiger partial charge in [-0.05, 0) is 46.4 Å². The smallest absolute Gasteiger partial charge is 0.143 e. The Hall–Kier alpha value is -1.75. The third kappa shape index (κ3) is 3.88. The Kier molecular flexibility index (Phi) is 4.73. The van der Waals surface area contributed by atoms with Crippen LogP contribution < -0.4 is 5.32 Å². The summed E-state index contributed by atoms with van der Waals surface area (Å²) in [5.41, 5.74) is 2.50. The molecular weight excluding hydrogens is 262 g/mol. The van der Waals surface area contributed by atoms with E-state index in [0.717, 1.165) is 12.2 Å².